The summed E-state index contributed by atoms with van der Waals surface area (Å²) >= 11 is 0. The van der Waals surface area contributed by atoms with Crippen LogP contribution in [0.5, 0.6) is 0 Å². The van der Waals surface area contributed by atoms with Crippen LogP contribution in [0, 0.1) is 41.4 Å². The quantitative estimate of drug-likeness (QED) is 0.116. The maximum atomic E-state index is 15.3. The molecular formula is C70H127N13O12. The van der Waals surface area contributed by atoms with E-state index in [1.165, 1.54) is 99.5 Å². The van der Waals surface area contributed by atoms with Crippen molar-refractivity contribution in [2.24, 2.45) is 41.4 Å². The molecule has 0 bridgehead atoms. The van der Waals surface area contributed by atoms with Crippen LogP contribution in [-0.4, -0.2) is 275 Å². The van der Waals surface area contributed by atoms with Gasteiger partial charge in [0.1, 0.15) is 66.5 Å². The van der Waals surface area contributed by atoms with Crippen molar-refractivity contribution in [1.29, 1.82) is 0 Å². The predicted octanol–water partition coefficient (Wildman–Crippen LogP) is 3.67. The molecule has 25 nitrogen and oxygen atoms in total. The molecule has 11 amide bonds. The Balaban J connectivity index is 3.03. The van der Waals surface area contributed by atoms with Crippen molar-refractivity contribution in [3.05, 3.63) is 12.2 Å². The van der Waals surface area contributed by atoms with E-state index in [1.54, 1.807) is 47.6 Å². The first kappa shape index (κ1) is 84.9. The minimum Gasteiger partial charge on any atom is -0.390 e. The van der Waals surface area contributed by atoms with Crippen molar-refractivity contribution in [1.82, 2.24) is 65.4 Å². The van der Waals surface area contributed by atoms with Crippen LogP contribution < -0.4 is 21.3 Å². The zero-order chi connectivity index (χ0) is 73.0. The van der Waals surface area contributed by atoms with Crippen LogP contribution in [0.3, 0.4) is 0 Å². The molecule has 0 aliphatic carbocycles. The van der Waals surface area contributed by atoms with Gasteiger partial charge in [0.25, 0.3) is 0 Å². The van der Waals surface area contributed by atoms with Crippen molar-refractivity contribution in [3.8, 4) is 0 Å². The van der Waals surface area contributed by atoms with Crippen LogP contribution in [0.15, 0.2) is 12.2 Å². The zero-order valence-electron chi connectivity index (χ0n) is 62.8. The number of amides is 11. The second kappa shape index (κ2) is 39.3. The summed E-state index contributed by atoms with van der Waals surface area (Å²) in [5, 5.41) is 23.5. The third-order valence-electron chi connectivity index (χ3n) is 19.4. The number of nitrogens with zero attached hydrogens (tertiary/aromatic N) is 9. The third-order valence-corrected chi connectivity index (χ3v) is 19.4. The summed E-state index contributed by atoms with van der Waals surface area (Å²) in [5.74, 6) is -10.1. The number of hydrogen-bond acceptors (Lipinski definition) is 14. The molecule has 14 atom stereocenters. The maximum absolute atomic E-state index is 15.3. The number of aliphatic hydroxyl groups excluding tert-OH is 1. The standard InChI is InChI=1S/C70H127N13O12/c1-26-29-31-47(15)59(84)58-63(88)73-51(27-2)66(91)75(19)50(18)65(90)80(24)57(46(14)32-30-33-83-36-34-82(28-3)35-37-83)62(87)74-55(44(10)11)69(94)76(20)52(38-41(4)5)61(86)71-48(16)60(85)72-49(17)64(89)77(21)53(39-42(6)7)67(92)78(22)54(40-43(8)9)68(93)79(23)56(45(12)13)70(95)81(58)25/h26,29,41-59,84H,27-28,30-40H2,1-25H3,(H,71,86)(H,72,85)(H,73,88)(H,74,87)/b29-26+/t46-,47-,48+,49-,50-,51+,52+,53+,54+,55+,56+,57+,58+,59-/m1/s1. The van der Waals surface area contributed by atoms with E-state index in [-0.39, 0.29) is 43.4 Å². The lowest BCUT2D eigenvalue weighted by molar-refractivity contribution is -0.157. The first-order valence-electron chi connectivity index (χ1n) is 35.0. The smallest absolute Gasteiger partial charge is 0.246 e. The Bertz CT molecular complexity index is 2590. The van der Waals surface area contributed by atoms with E-state index >= 15 is 28.8 Å². The molecule has 2 aliphatic rings. The molecule has 0 spiro atoms. The van der Waals surface area contributed by atoms with Gasteiger partial charge in [0.15, 0.2) is 0 Å². The first-order valence-corrected chi connectivity index (χ1v) is 35.0. The highest BCUT2D eigenvalue weighted by Gasteiger charge is 2.46. The topological polar surface area (TPSA) is 285 Å². The second-order valence-corrected chi connectivity index (χ2v) is 29.2. The summed E-state index contributed by atoms with van der Waals surface area (Å²) in [4.78, 5) is 177. The van der Waals surface area contributed by atoms with Gasteiger partial charge < -0.3 is 70.5 Å². The molecule has 0 saturated carbocycles. The fourth-order valence-electron chi connectivity index (χ4n) is 12.9. The highest BCUT2D eigenvalue weighted by Crippen LogP contribution is 2.27. The second-order valence-electron chi connectivity index (χ2n) is 29.2. The summed E-state index contributed by atoms with van der Waals surface area (Å²) < 4.78 is 0. The maximum Gasteiger partial charge on any atom is 0.246 e. The molecule has 0 aromatic rings. The molecule has 2 rings (SSSR count). The number of aliphatic hydroxyl groups is 1. The van der Waals surface area contributed by atoms with Gasteiger partial charge in [0, 0.05) is 75.5 Å². The van der Waals surface area contributed by atoms with Crippen LogP contribution in [0.4, 0.5) is 0 Å². The fraction of sp³-hybridized carbons (Fsp3) is 0.814. The molecule has 0 unspecified atom stereocenters. The summed E-state index contributed by atoms with van der Waals surface area (Å²) in [7, 11) is 10.1. The number of carbonyl (C=O) groups is 11. The average molecular weight is 1340 g/mol. The summed E-state index contributed by atoms with van der Waals surface area (Å²) in [6, 6.07) is -13.7. The minimum absolute atomic E-state index is 0.0128. The largest absolute Gasteiger partial charge is 0.390 e. The number of allylic oxidation sites excluding steroid dienone is 2. The lowest BCUT2D eigenvalue weighted by Crippen LogP contribution is -2.64. The van der Waals surface area contributed by atoms with E-state index in [9.17, 15) is 29.1 Å². The summed E-state index contributed by atoms with van der Waals surface area (Å²) in [5.41, 5.74) is 0. The molecule has 95 heavy (non-hydrogen) atoms. The van der Waals surface area contributed by atoms with Crippen molar-refractivity contribution < 1.29 is 57.8 Å². The van der Waals surface area contributed by atoms with Gasteiger partial charge >= 0.3 is 0 Å². The Morgan fingerprint density at radius 2 is 0.916 bits per heavy atom. The predicted molar refractivity (Wildman–Crippen MR) is 371 cm³/mol. The number of carbonyl (C=O) groups excluding carboxylic acids is 11. The van der Waals surface area contributed by atoms with Crippen LogP contribution in [0.1, 0.15) is 170 Å². The Labute approximate surface area is 570 Å². The van der Waals surface area contributed by atoms with Gasteiger partial charge in [0.2, 0.25) is 65.0 Å². The van der Waals surface area contributed by atoms with Crippen LogP contribution in [0.2, 0.25) is 0 Å². The van der Waals surface area contributed by atoms with Gasteiger partial charge in [-0.15, -0.1) is 0 Å². The molecule has 25 heteroatoms. The van der Waals surface area contributed by atoms with Gasteiger partial charge in [-0.3, -0.25) is 52.7 Å². The van der Waals surface area contributed by atoms with E-state index < -0.39 is 161 Å². The Hall–Kier alpha value is -6.21. The molecule has 5 N–H and O–H groups in total. The van der Waals surface area contributed by atoms with Crippen LogP contribution in [0.25, 0.3) is 0 Å². The molecule has 2 heterocycles. The highest BCUT2D eigenvalue weighted by atomic mass is 16.3. The molecule has 2 aliphatic heterocycles. The number of rotatable bonds is 19. The van der Waals surface area contributed by atoms with Crippen LogP contribution in [-0.2, 0) is 52.7 Å². The Kier molecular flexibility index (Phi) is 35.1. The van der Waals surface area contributed by atoms with Crippen LogP contribution >= 0.6 is 0 Å². The van der Waals surface area contributed by atoms with E-state index in [2.05, 4.69) is 38.0 Å². The fourth-order valence-corrected chi connectivity index (χ4v) is 12.9. The molecule has 2 saturated heterocycles. The third kappa shape index (κ3) is 23.5. The van der Waals surface area contributed by atoms with E-state index in [0.717, 1.165) is 44.2 Å². The number of piperazine rings is 1. The first-order chi connectivity index (χ1) is 44.1. The molecule has 0 aromatic carbocycles. The molecule has 544 valence electrons. The molecule has 0 aromatic heterocycles. The normalized spacial score (nSPS) is 27.8. The highest BCUT2D eigenvalue weighted by molar-refractivity contribution is 6.00. The monoisotopic (exact) mass is 1340 g/mol. The van der Waals surface area contributed by atoms with E-state index in [0.29, 0.717) is 19.3 Å². The average Bonchev–Trinajstić information content (AvgIpc) is 0.810. The summed E-state index contributed by atoms with van der Waals surface area (Å²) in [6.07, 6.45) is 4.05. The minimum atomic E-state index is -1.62. The Morgan fingerprint density at radius 1 is 0.463 bits per heavy atom. The van der Waals surface area contributed by atoms with Gasteiger partial charge in [-0.05, 0) is 127 Å². The molecule has 2 fully saturated rings. The van der Waals surface area contributed by atoms with Gasteiger partial charge in [0.05, 0.1) is 6.10 Å². The lowest BCUT2D eigenvalue weighted by Gasteiger charge is -2.41. The SMILES string of the molecule is C/C=C/C[C@@H](C)[C@@H](O)[C@H]1C(=O)N[C@@H](CC)C(=O)N(C)[C@H](C)C(=O)N(C)[C@@H]([C@H](C)CCCN2CCN(CC)CC2)C(=O)N[C@@H](C(C)C)C(=O)N(C)[C@@H](CC(C)C)C(=O)N[C@@H](C)C(=O)N[C@H](C)C(=O)N(C)[C@@H](CC(C)C)C(=O)N(C)[C@@H](CC(C)C)C(=O)N(C)[C@@H](C(C)C)C(=O)N1C. The lowest BCUT2D eigenvalue weighted by atomic mass is 9.91. The van der Waals surface area contributed by atoms with E-state index in [4.69, 9.17) is 0 Å². The van der Waals surface area contributed by atoms with Crippen molar-refractivity contribution in [2.75, 3.05) is 88.6 Å². The Morgan fingerprint density at radius 3 is 1.40 bits per heavy atom. The van der Waals surface area contributed by atoms with Crippen molar-refractivity contribution in [3.63, 3.8) is 0 Å². The number of likely N-dealkylation sites (N-methyl/N-ethyl adjacent to an activating group) is 8. The summed E-state index contributed by atoms with van der Waals surface area (Å²) in [6.45, 7) is 37.2. The van der Waals surface area contributed by atoms with Crippen molar-refractivity contribution in [2.45, 2.75) is 242 Å². The molecular weight excluding hydrogens is 1210 g/mol. The van der Waals surface area contributed by atoms with Crippen molar-refractivity contribution >= 4 is 65.0 Å². The molecule has 0 radical (unpaired) electrons. The van der Waals surface area contributed by atoms with Gasteiger partial charge in [-0.25, -0.2) is 0 Å². The van der Waals surface area contributed by atoms with Gasteiger partial charge in [-0.2, -0.15) is 0 Å². The zero-order valence-corrected chi connectivity index (χ0v) is 62.8. The van der Waals surface area contributed by atoms with Gasteiger partial charge in [-0.1, -0.05) is 109 Å². The number of hydrogen-bond donors (Lipinski definition) is 5. The van der Waals surface area contributed by atoms with E-state index in [1.807, 2.05) is 61.5 Å². The number of nitrogens with one attached hydrogen (secondary N) is 4.